The van der Waals surface area contributed by atoms with Crippen LogP contribution in [0.25, 0.3) is 6.08 Å². The first-order chi connectivity index (χ1) is 10.0. The zero-order valence-electron chi connectivity index (χ0n) is 12.8. The molecule has 0 aliphatic heterocycles. The first-order valence-corrected chi connectivity index (χ1v) is 6.75. The number of nitriles is 1. The molecule has 0 unspecified atom stereocenters. The van der Waals surface area contributed by atoms with Crippen LogP contribution in [-0.2, 0) is 4.79 Å². The van der Waals surface area contributed by atoms with Crippen molar-refractivity contribution in [1.29, 1.82) is 5.26 Å². The maximum atomic E-state index is 11.9. The highest BCUT2D eigenvalue weighted by Crippen LogP contribution is 2.32. The molecular formula is C16H20N2O3. The van der Waals surface area contributed by atoms with Gasteiger partial charge in [-0.3, -0.25) is 4.79 Å². The van der Waals surface area contributed by atoms with Crippen molar-refractivity contribution >= 4 is 12.0 Å². The molecule has 1 N–H and O–H groups in total. The topological polar surface area (TPSA) is 71.3 Å². The molecule has 0 spiro atoms. The van der Waals surface area contributed by atoms with Gasteiger partial charge in [0.25, 0.3) is 5.91 Å². The lowest BCUT2D eigenvalue weighted by molar-refractivity contribution is -0.117. The van der Waals surface area contributed by atoms with Gasteiger partial charge in [0.2, 0.25) is 0 Å². The lowest BCUT2D eigenvalue weighted by atomic mass is 10.1. The zero-order valence-corrected chi connectivity index (χ0v) is 12.8. The second-order valence-electron chi connectivity index (χ2n) is 4.61. The largest absolute Gasteiger partial charge is 0.492 e. The van der Waals surface area contributed by atoms with Gasteiger partial charge in [-0.1, -0.05) is 12.1 Å². The van der Waals surface area contributed by atoms with E-state index in [-0.39, 0.29) is 11.6 Å². The summed E-state index contributed by atoms with van der Waals surface area (Å²) in [4.78, 5) is 11.9. The Bertz CT molecular complexity index is 571. The van der Waals surface area contributed by atoms with Crippen LogP contribution in [0, 0.1) is 11.3 Å². The highest BCUT2D eigenvalue weighted by atomic mass is 16.5. The zero-order chi connectivity index (χ0) is 15.8. The number of para-hydroxylation sites is 1. The molecule has 0 radical (unpaired) electrons. The van der Waals surface area contributed by atoms with Gasteiger partial charge in [-0.2, -0.15) is 5.26 Å². The first-order valence-electron chi connectivity index (χ1n) is 6.75. The molecule has 5 heteroatoms. The van der Waals surface area contributed by atoms with E-state index in [4.69, 9.17) is 14.7 Å². The van der Waals surface area contributed by atoms with Crippen LogP contribution in [-0.4, -0.2) is 25.7 Å². The fourth-order valence-corrected chi connectivity index (χ4v) is 1.78. The molecule has 0 fully saturated rings. The second kappa shape index (κ2) is 7.95. The minimum absolute atomic E-state index is 0.0237. The molecule has 1 aromatic rings. The van der Waals surface area contributed by atoms with Gasteiger partial charge >= 0.3 is 0 Å². The Morgan fingerprint density at radius 2 is 2.19 bits per heavy atom. The van der Waals surface area contributed by atoms with Crippen LogP contribution in [0.4, 0.5) is 0 Å². The van der Waals surface area contributed by atoms with Crippen LogP contribution in [0.3, 0.4) is 0 Å². The number of hydrogen-bond donors (Lipinski definition) is 1. The van der Waals surface area contributed by atoms with Gasteiger partial charge < -0.3 is 14.8 Å². The molecule has 0 bridgehead atoms. The first kappa shape index (κ1) is 16.6. The van der Waals surface area contributed by atoms with E-state index in [2.05, 4.69) is 5.32 Å². The average Bonchev–Trinajstić information content (AvgIpc) is 2.44. The number of amides is 1. The van der Waals surface area contributed by atoms with E-state index in [9.17, 15) is 4.79 Å². The van der Waals surface area contributed by atoms with Crippen molar-refractivity contribution in [3.05, 3.63) is 29.3 Å². The van der Waals surface area contributed by atoms with E-state index < -0.39 is 5.91 Å². The molecule has 112 valence electrons. The van der Waals surface area contributed by atoms with Crippen molar-refractivity contribution in [2.24, 2.45) is 0 Å². The number of hydrogen-bond acceptors (Lipinski definition) is 4. The number of carbonyl (C=O) groups is 1. The van der Waals surface area contributed by atoms with Crippen LogP contribution in [0.1, 0.15) is 26.3 Å². The summed E-state index contributed by atoms with van der Waals surface area (Å²) in [6.07, 6.45) is 1.50. The van der Waals surface area contributed by atoms with Crippen LogP contribution in [0.2, 0.25) is 0 Å². The van der Waals surface area contributed by atoms with Crippen molar-refractivity contribution in [2.75, 3.05) is 13.7 Å². The minimum Gasteiger partial charge on any atom is -0.492 e. The predicted octanol–water partition coefficient (Wildman–Crippen LogP) is 2.53. The molecule has 0 atom stereocenters. The monoisotopic (exact) mass is 288 g/mol. The average molecular weight is 288 g/mol. The van der Waals surface area contributed by atoms with Crippen molar-refractivity contribution < 1.29 is 14.3 Å². The lowest BCUT2D eigenvalue weighted by Crippen LogP contribution is -2.30. The van der Waals surface area contributed by atoms with Crippen molar-refractivity contribution in [3.63, 3.8) is 0 Å². The normalized spacial score (nSPS) is 11.0. The van der Waals surface area contributed by atoms with Crippen molar-refractivity contribution in [2.45, 2.75) is 26.8 Å². The molecule has 5 nitrogen and oxygen atoms in total. The third-order valence-electron chi connectivity index (χ3n) is 2.60. The van der Waals surface area contributed by atoms with E-state index >= 15 is 0 Å². The van der Waals surface area contributed by atoms with Gasteiger partial charge in [-0.05, 0) is 32.9 Å². The molecule has 1 rings (SSSR count). The highest BCUT2D eigenvalue weighted by Gasteiger charge is 2.13. The quantitative estimate of drug-likeness (QED) is 0.645. The summed E-state index contributed by atoms with van der Waals surface area (Å²) >= 11 is 0. The van der Waals surface area contributed by atoms with E-state index in [0.29, 0.717) is 23.7 Å². The summed E-state index contributed by atoms with van der Waals surface area (Å²) in [6.45, 7) is 6.05. The molecule has 21 heavy (non-hydrogen) atoms. The van der Waals surface area contributed by atoms with E-state index in [1.54, 1.807) is 18.2 Å². The predicted molar refractivity (Wildman–Crippen MR) is 81.0 cm³/mol. The van der Waals surface area contributed by atoms with Gasteiger partial charge in [0.05, 0.1) is 13.7 Å². The third-order valence-corrected chi connectivity index (χ3v) is 2.60. The fraction of sp³-hybridized carbons (Fsp3) is 0.375. The number of nitrogens with one attached hydrogen (secondary N) is 1. The molecule has 0 aliphatic carbocycles. The Kier molecular flexibility index (Phi) is 6.28. The van der Waals surface area contributed by atoms with Gasteiger partial charge in [-0.25, -0.2) is 0 Å². The summed E-state index contributed by atoms with van der Waals surface area (Å²) in [5.74, 6) is 0.677. The van der Waals surface area contributed by atoms with Crippen LogP contribution in [0.15, 0.2) is 23.8 Å². The molecule has 0 aromatic heterocycles. The van der Waals surface area contributed by atoms with Crippen molar-refractivity contribution in [1.82, 2.24) is 5.32 Å². The summed E-state index contributed by atoms with van der Waals surface area (Å²) < 4.78 is 10.8. The number of carbonyl (C=O) groups excluding carboxylic acids is 1. The molecule has 0 saturated carbocycles. The maximum absolute atomic E-state index is 11.9. The fourth-order valence-electron chi connectivity index (χ4n) is 1.78. The number of methoxy groups -OCH3 is 1. The second-order valence-corrected chi connectivity index (χ2v) is 4.61. The highest BCUT2D eigenvalue weighted by molar-refractivity contribution is 6.02. The third kappa shape index (κ3) is 4.53. The van der Waals surface area contributed by atoms with Gasteiger partial charge in [0.15, 0.2) is 11.5 Å². The summed E-state index contributed by atoms with van der Waals surface area (Å²) in [7, 11) is 1.52. The van der Waals surface area contributed by atoms with Crippen molar-refractivity contribution in [3.8, 4) is 17.6 Å². The Balaban J connectivity index is 3.20. The van der Waals surface area contributed by atoms with Crippen LogP contribution >= 0.6 is 0 Å². The number of ether oxygens (including phenoxy) is 2. The molecule has 0 heterocycles. The molecule has 1 amide bonds. The van der Waals surface area contributed by atoms with Gasteiger partial charge in [-0.15, -0.1) is 0 Å². The van der Waals surface area contributed by atoms with Gasteiger partial charge in [0.1, 0.15) is 11.6 Å². The number of nitrogens with zero attached hydrogens (tertiary/aromatic N) is 1. The maximum Gasteiger partial charge on any atom is 0.262 e. The molecule has 0 saturated heterocycles. The van der Waals surface area contributed by atoms with E-state index in [1.807, 2.05) is 26.8 Å². The lowest BCUT2D eigenvalue weighted by Gasteiger charge is -2.12. The summed E-state index contributed by atoms with van der Waals surface area (Å²) in [6, 6.07) is 7.20. The minimum atomic E-state index is -0.406. The summed E-state index contributed by atoms with van der Waals surface area (Å²) in [5.41, 5.74) is 0.648. The molecule has 1 aromatic carbocycles. The Morgan fingerprint density at radius 3 is 2.71 bits per heavy atom. The summed E-state index contributed by atoms with van der Waals surface area (Å²) in [5, 5.41) is 11.8. The standard InChI is InChI=1S/C16H20N2O3/c1-5-21-14-8-6-7-12(15(14)20-4)9-13(10-17)16(19)18-11(2)3/h6-9,11H,5H2,1-4H3,(H,18,19)/b13-9+. The van der Waals surface area contributed by atoms with Crippen LogP contribution in [0.5, 0.6) is 11.5 Å². The number of benzene rings is 1. The van der Waals surface area contributed by atoms with E-state index in [1.165, 1.54) is 13.2 Å². The SMILES string of the molecule is CCOc1cccc(/C=C(\C#N)C(=O)NC(C)C)c1OC. The molecular weight excluding hydrogens is 268 g/mol. The number of rotatable bonds is 6. The van der Waals surface area contributed by atoms with E-state index in [0.717, 1.165) is 0 Å². The van der Waals surface area contributed by atoms with Gasteiger partial charge in [0, 0.05) is 11.6 Å². The molecule has 0 aliphatic rings. The Morgan fingerprint density at radius 1 is 1.48 bits per heavy atom. The van der Waals surface area contributed by atoms with Crippen LogP contribution < -0.4 is 14.8 Å². The smallest absolute Gasteiger partial charge is 0.262 e. The Labute approximate surface area is 125 Å². The Hall–Kier alpha value is -2.48.